The van der Waals surface area contributed by atoms with Crippen molar-refractivity contribution in [2.24, 2.45) is 0 Å². The molecule has 0 spiro atoms. The van der Waals surface area contributed by atoms with Crippen LogP contribution in [0, 0.1) is 17.5 Å². The Morgan fingerprint density at radius 1 is 0.909 bits per heavy atom. The second-order valence-electron chi connectivity index (χ2n) is 7.91. The number of hydrogen-bond donors (Lipinski definition) is 3. The van der Waals surface area contributed by atoms with E-state index in [1.54, 1.807) is 18.2 Å². The lowest BCUT2D eigenvalue weighted by atomic mass is 10.0. The van der Waals surface area contributed by atoms with Crippen molar-refractivity contribution in [1.29, 1.82) is 0 Å². The molecule has 0 bridgehead atoms. The minimum Gasteiger partial charge on any atom is -0.351 e. The minimum atomic E-state index is -0.821. The molecule has 3 aromatic carbocycles. The third-order valence-electron chi connectivity index (χ3n) is 5.35. The molecule has 0 saturated carbocycles. The third-order valence-corrected chi connectivity index (χ3v) is 5.65. The van der Waals surface area contributed by atoms with Crippen LogP contribution in [0.5, 0.6) is 0 Å². The quantitative estimate of drug-likeness (QED) is 0.430. The van der Waals surface area contributed by atoms with Crippen molar-refractivity contribution in [3.63, 3.8) is 0 Å². The number of halogens is 3. The number of hydrogen-bond acceptors (Lipinski definition) is 3. The van der Waals surface area contributed by atoms with Crippen molar-refractivity contribution < 1.29 is 18.0 Å². The fraction of sp³-hybridized carbons (Fsp3) is 0.269. The molecule has 4 rings (SSSR count). The molecule has 0 aliphatic carbocycles. The largest absolute Gasteiger partial charge is 0.351 e. The molecule has 1 aliphatic heterocycles. The predicted octanol–water partition coefficient (Wildman–Crippen LogP) is 5.23. The van der Waals surface area contributed by atoms with E-state index in [0.29, 0.717) is 13.0 Å². The Kier molecular flexibility index (Phi) is 9.39. The van der Waals surface area contributed by atoms with Gasteiger partial charge in [0, 0.05) is 11.4 Å². The smallest absolute Gasteiger partial charge is 0.237 e. The van der Waals surface area contributed by atoms with Gasteiger partial charge in [0.1, 0.15) is 5.82 Å². The van der Waals surface area contributed by atoms with Crippen LogP contribution >= 0.6 is 12.6 Å². The van der Waals surface area contributed by atoms with Gasteiger partial charge < -0.3 is 10.6 Å². The SMILES string of the molecule is Fc1ccc(S)cc1.O=C(NCc1cccc(CCc2ccc(F)c(F)c2)c1)C1CCCN1. The maximum Gasteiger partial charge on any atom is 0.237 e. The fourth-order valence-corrected chi connectivity index (χ4v) is 3.69. The van der Waals surface area contributed by atoms with E-state index >= 15 is 0 Å². The maximum atomic E-state index is 13.3. The Labute approximate surface area is 197 Å². The minimum absolute atomic E-state index is 0.0460. The van der Waals surface area contributed by atoms with Crippen molar-refractivity contribution in [2.75, 3.05) is 6.54 Å². The van der Waals surface area contributed by atoms with Crippen molar-refractivity contribution in [3.8, 4) is 0 Å². The standard InChI is InChI=1S/C20H22F2N2O.C6H5FS/c21-17-9-8-15(12-18(17)22)7-6-14-3-1-4-16(11-14)13-24-20(25)19-5-2-10-23-19;7-5-1-3-6(8)4-2-5/h1,3-4,8-9,11-12,19,23H,2,5-7,10,13H2,(H,24,25);1-4,8H. The van der Waals surface area contributed by atoms with E-state index in [1.165, 1.54) is 18.2 Å². The number of carbonyl (C=O) groups excluding carboxylic acids is 1. The molecular weight excluding hydrogens is 445 g/mol. The van der Waals surface area contributed by atoms with E-state index in [-0.39, 0.29) is 17.8 Å². The van der Waals surface area contributed by atoms with Crippen LogP contribution in [0.15, 0.2) is 71.6 Å². The van der Waals surface area contributed by atoms with Gasteiger partial charge in [0.2, 0.25) is 5.91 Å². The van der Waals surface area contributed by atoms with Gasteiger partial charge >= 0.3 is 0 Å². The molecule has 1 aliphatic rings. The first kappa shape index (κ1) is 24.9. The number of nitrogens with one attached hydrogen (secondary N) is 2. The first-order valence-electron chi connectivity index (χ1n) is 10.9. The monoisotopic (exact) mass is 472 g/mol. The second-order valence-corrected chi connectivity index (χ2v) is 8.43. The van der Waals surface area contributed by atoms with Gasteiger partial charge in [-0.25, -0.2) is 13.2 Å². The number of rotatable bonds is 6. The molecule has 0 radical (unpaired) electrons. The molecular formula is C26H27F3N2OS. The summed E-state index contributed by atoms with van der Waals surface area (Å²) >= 11 is 3.97. The summed E-state index contributed by atoms with van der Waals surface area (Å²) in [4.78, 5) is 12.8. The van der Waals surface area contributed by atoms with Gasteiger partial charge in [-0.1, -0.05) is 30.3 Å². The van der Waals surface area contributed by atoms with E-state index < -0.39 is 11.6 Å². The Morgan fingerprint density at radius 2 is 1.61 bits per heavy atom. The lowest BCUT2D eigenvalue weighted by Gasteiger charge is -2.12. The fourth-order valence-electron chi connectivity index (χ4n) is 3.54. The van der Waals surface area contributed by atoms with Crippen LogP contribution in [0.3, 0.4) is 0 Å². The normalized spacial score (nSPS) is 15.0. The summed E-state index contributed by atoms with van der Waals surface area (Å²) in [6.45, 7) is 1.40. The highest BCUT2D eigenvalue weighted by Gasteiger charge is 2.21. The number of amides is 1. The summed E-state index contributed by atoms with van der Waals surface area (Å²) in [6.07, 6.45) is 3.30. The molecule has 33 heavy (non-hydrogen) atoms. The van der Waals surface area contributed by atoms with Crippen molar-refractivity contribution in [3.05, 3.63) is 101 Å². The molecule has 1 unspecified atom stereocenters. The molecule has 1 heterocycles. The number of aryl methyl sites for hydroxylation is 2. The van der Waals surface area contributed by atoms with E-state index in [4.69, 9.17) is 0 Å². The maximum absolute atomic E-state index is 13.3. The van der Waals surface area contributed by atoms with E-state index in [1.807, 2.05) is 24.3 Å². The molecule has 2 N–H and O–H groups in total. The molecule has 3 nitrogen and oxygen atoms in total. The topological polar surface area (TPSA) is 41.1 Å². The highest BCUT2D eigenvalue weighted by Crippen LogP contribution is 2.13. The highest BCUT2D eigenvalue weighted by atomic mass is 32.1. The summed E-state index contributed by atoms with van der Waals surface area (Å²) in [5.74, 6) is -1.81. The van der Waals surface area contributed by atoms with Crippen molar-refractivity contribution >= 4 is 18.5 Å². The summed E-state index contributed by atoms with van der Waals surface area (Å²) in [5.41, 5.74) is 2.91. The summed E-state index contributed by atoms with van der Waals surface area (Å²) in [7, 11) is 0. The zero-order chi connectivity index (χ0) is 23.6. The average Bonchev–Trinajstić information content (AvgIpc) is 3.36. The molecule has 1 saturated heterocycles. The summed E-state index contributed by atoms with van der Waals surface area (Å²) in [6, 6.07) is 17.9. The van der Waals surface area contributed by atoms with Crippen LogP contribution in [0.2, 0.25) is 0 Å². The molecule has 3 aromatic rings. The van der Waals surface area contributed by atoms with E-state index in [2.05, 4.69) is 23.3 Å². The van der Waals surface area contributed by atoms with Crippen LogP contribution < -0.4 is 10.6 Å². The second kappa shape index (κ2) is 12.5. The molecule has 1 amide bonds. The first-order valence-corrected chi connectivity index (χ1v) is 11.3. The Balaban J connectivity index is 0.000000323. The average molecular weight is 473 g/mol. The van der Waals surface area contributed by atoms with Gasteiger partial charge in [-0.3, -0.25) is 4.79 Å². The molecule has 7 heteroatoms. The summed E-state index contributed by atoms with van der Waals surface area (Å²) in [5, 5.41) is 6.14. The van der Waals surface area contributed by atoms with Crippen LogP contribution in [0.4, 0.5) is 13.2 Å². The van der Waals surface area contributed by atoms with Crippen LogP contribution in [0.25, 0.3) is 0 Å². The molecule has 1 atom stereocenters. The predicted molar refractivity (Wildman–Crippen MR) is 127 cm³/mol. The van der Waals surface area contributed by atoms with Crippen LogP contribution in [-0.2, 0) is 24.2 Å². The van der Waals surface area contributed by atoms with Gasteiger partial charge in [-0.15, -0.1) is 12.6 Å². The first-order chi connectivity index (χ1) is 15.9. The third kappa shape index (κ3) is 8.26. The lowest BCUT2D eigenvalue weighted by molar-refractivity contribution is -0.122. The van der Waals surface area contributed by atoms with Crippen LogP contribution in [-0.4, -0.2) is 18.5 Å². The highest BCUT2D eigenvalue weighted by molar-refractivity contribution is 7.80. The van der Waals surface area contributed by atoms with E-state index in [9.17, 15) is 18.0 Å². The van der Waals surface area contributed by atoms with Crippen molar-refractivity contribution in [1.82, 2.24) is 10.6 Å². The van der Waals surface area contributed by atoms with Gasteiger partial charge in [0.05, 0.1) is 6.04 Å². The Bertz CT molecular complexity index is 1030. The van der Waals surface area contributed by atoms with E-state index in [0.717, 1.165) is 53.5 Å². The van der Waals surface area contributed by atoms with Gasteiger partial charge in [0.25, 0.3) is 0 Å². The number of thiol groups is 1. The zero-order valence-electron chi connectivity index (χ0n) is 18.2. The molecule has 174 valence electrons. The Morgan fingerprint density at radius 3 is 2.24 bits per heavy atom. The Hall–Kier alpha value is -2.77. The molecule has 0 aromatic heterocycles. The van der Waals surface area contributed by atoms with Gasteiger partial charge in [-0.05, 0) is 85.3 Å². The molecule has 1 fully saturated rings. The van der Waals surface area contributed by atoms with Crippen LogP contribution in [0.1, 0.15) is 29.5 Å². The summed E-state index contributed by atoms with van der Waals surface area (Å²) < 4.78 is 38.3. The lowest BCUT2D eigenvalue weighted by Crippen LogP contribution is -2.40. The van der Waals surface area contributed by atoms with Crippen molar-refractivity contribution in [2.45, 2.75) is 43.2 Å². The zero-order valence-corrected chi connectivity index (χ0v) is 19.1. The number of carbonyl (C=O) groups is 1. The number of benzene rings is 3. The van der Waals surface area contributed by atoms with Gasteiger partial charge in [-0.2, -0.15) is 0 Å². The van der Waals surface area contributed by atoms with Gasteiger partial charge in [0.15, 0.2) is 11.6 Å².